The van der Waals surface area contributed by atoms with Crippen LogP contribution in [-0.2, 0) is 14.8 Å². The van der Waals surface area contributed by atoms with E-state index in [9.17, 15) is 13.2 Å². The molecule has 2 aromatic rings. The Labute approximate surface area is 124 Å². The van der Waals surface area contributed by atoms with Crippen molar-refractivity contribution in [1.82, 2.24) is 4.31 Å². The Kier molecular flexibility index (Phi) is 3.97. The standard InChI is InChI=1S/C11H9Cl2NO5S/c1-14(2)20(16,17)7-3-6-4-18-11(19-5-15)8(6)10(13)9(7)12/h3-5H,1-2H3. The third-order valence-electron chi connectivity index (χ3n) is 2.61. The summed E-state index contributed by atoms with van der Waals surface area (Å²) < 4.78 is 34.9. The van der Waals surface area contributed by atoms with Gasteiger partial charge in [0.15, 0.2) is 0 Å². The molecule has 2 rings (SSSR count). The second-order valence-electron chi connectivity index (χ2n) is 3.99. The van der Waals surface area contributed by atoms with Crippen LogP contribution in [0.4, 0.5) is 0 Å². The van der Waals surface area contributed by atoms with Crippen LogP contribution in [0.3, 0.4) is 0 Å². The number of carbonyl (C=O) groups is 1. The summed E-state index contributed by atoms with van der Waals surface area (Å²) in [6, 6.07) is 1.31. The van der Waals surface area contributed by atoms with Crippen molar-refractivity contribution >= 4 is 50.5 Å². The Balaban J connectivity index is 2.80. The normalized spacial score (nSPS) is 12.1. The van der Waals surface area contributed by atoms with Crippen LogP contribution >= 0.6 is 23.2 Å². The minimum Gasteiger partial charge on any atom is -0.433 e. The molecule has 0 saturated heterocycles. The maximum Gasteiger partial charge on any atom is 0.301 e. The predicted molar refractivity (Wildman–Crippen MR) is 73.8 cm³/mol. The second-order valence-corrected chi connectivity index (χ2v) is 6.87. The Morgan fingerprint density at radius 3 is 2.50 bits per heavy atom. The van der Waals surface area contributed by atoms with Gasteiger partial charge in [-0.25, -0.2) is 12.7 Å². The van der Waals surface area contributed by atoms with Crippen LogP contribution in [0.1, 0.15) is 0 Å². The number of furan rings is 1. The largest absolute Gasteiger partial charge is 0.433 e. The molecule has 6 nitrogen and oxygen atoms in total. The van der Waals surface area contributed by atoms with E-state index in [1.165, 1.54) is 26.4 Å². The van der Waals surface area contributed by atoms with Crippen LogP contribution in [0.25, 0.3) is 10.8 Å². The molecule has 0 aliphatic carbocycles. The summed E-state index contributed by atoms with van der Waals surface area (Å²) in [4.78, 5) is 10.2. The van der Waals surface area contributed by atoms with Crippen molar-refractivity contribution in [3.63, 3.8) is 0 Å². The lowest BCUT2D eigenvalue weighted by atomic mass is 10.2. The zero-order chi connectivity index (χ0) is 15.1. The molecule has 108 valence electrons. The zero-order valence-corrected chi connectivity index (χ0v) is 12.7. The van der Waals surface area contributed by atoms with Gasteiger partial charge in [-0.05, 0) is 6.07 Å². The van der Waals surface area contributed by atoms with Crippen LogP contribution in [-0.4, -0.2) is 33.3 Å². The van der Waals surface area contributed by atoms with E-state index in [-0.39, 0.29) is 32.7 Å². The molecule has 1 heterocycles. The third-order valence-corrected chi connectivity index (χ3v) is 5.43. The summed E-state index contributed by atoms with van der Waals surface area (Å²) in [6.07, 6.45) is 1.23. The van der Waals surface area contributed by atoms with E-state index in [4.69, 9.17) is 27.6 Å². The third kappa shape index (κ3) is 2.26. The lowest BCUT2D eigenvalue weighted by molar-refractivity contribution is -0.121. The fourth-order valence-corrected chi connectivity index (χ4v) is 3.40. The van der Waals surface area contributed by atoms with Gasteiger partial charge < -0.3 is 9.15 Å². The molecule has 0 bridgehead atoms. The van der Waals surface area contributed by atoms with Crippen molar-refractivity contribution in [2.24, 2.45) is 0 Å². The zero-order valence-electron chi connectivity index (χ0n) is 10.4. The number of ether oxygens (including phenoxy) is 1. The van der Waals surface area contributed by atoms with E-state index in [0.717, 1.165) is 4.31 Å². The van der Waals surface area contributed by atoms with Crippen molar-refractivity contribution in [3.05, 3.63) is 22.4 Å². The predicted octanol–water partition coefficient (Wildman–Crippen LogP) is 2.53. The van der Waals surface area contributed by atoms with E-state index in [2.05, 4.69) is 4.74 Å². The number of fused-ring (bicyclic) bond motifs is 1. The molecular weight excluding hydrogens is 329 g/mol. The number of hydrogen-bond donors (Lipinski definition) is 0. The first-order valence-electron chi connectivity index (χ1n) is 5.22. The van der Waals surface area contributed by atoms with E-state index in [1.807, 2.05) is 0 Å². The summed E-state index contributed by atoms with van der Waals surface area (Å²) >= 11 is 12.1. The van der Waals surface area contributed by atoms with E-state index < -0.39 is 10.0 Å². The summed E-state index contributed by atoms with van der Waals surface area (Å²) in [6.45, 7) is 0.174. The molecular formula is C11H9Cl2NO5S. The Bertz CT molecular complexity index is 782. The minimum absolute atomic E-state index is 0.0600. The quantitative estimate of drug-likeness (QED) is 0.801. The van der Waals surface area contributed by atoms with Crippen molar-refractivity contribution < 1.29 is 22.4 Å². The molecule has 0 aliphatic heterocycles. The van der Waals surface area contributed by atoms with Crippen molar-refractivity contribution in [2.45, 2.75) is 4.90 Å². The van der Waals surface area contributed by atoms with E-state index >= 15 is 0 Å². The first-order valence-corrected chi connectivity index (χ1v) is 7.42. The highest BCUT2D eigenvalue weighted by molar-refractivity contribution is 7.89. The van der Waals surface area contributed by atoms with Crippen molar-refractivity contribution in [2.75, 3.05) is 14.1 Å². The second kappa shape index (κ2) is 5.25. The molecule has 20 heavy (non-hydrogen) atoms. The van der Waals surface area contributed by atoms with E-state index in [1.54, 1.807) is 0 Å². The van der Waals surface area contributed by atoms with Crippen LogP contribution in [0, 0.1) is 0 Å². The van der Waals surface area contributed by atoms with Gasteiger partial charge in [0.2, 0.25) is 10.0 Å². The number of rotatable bonds is 4. The summed E-state index contributed by atoms with van der Waals surface area (Å²) in [5.74, 6) is -0.143. The van der Waals surface area contributed by atoms with Crippen LogP contribution in [0.2, 0.25) is 10.0 Å². The number of hydrogen-bond acceptors (Lipinski definition) is 5. The molecule has 1 aromatic carbocycles. The molecule has 0 unspecified atom stereocenters. The number of benzene rings is 1. The first-order chi connectivity index (χ1) is 9.30. The van der Waals surface area contributed by atoms with E-state index in [0.29, 0.717) is 5.39 Å². The molecule has 0 spiro atoms. The number of carbonyl (C=O) groups excluding carboxylic acids is 1. The topological polar surface area (TPSA) is 76.8 Å². The van der Waals surface area contributed by atoms with Gasteiger partial charge in [-0.3, -0.25) is 4.79 Å². The van der Waals surface area contributed by atoms with Gasteiger partial charge in [-0.1, -0.05) is 23.2 Å². The maximum absolute atomic E-state index is 12.1. The SMILES string of the molecule is CN(C)S(=O)(=O)c1cc2coc(OC=O)c2c(Cl)c1Cl. The fraction of sp³-hybridized carbons (Fsp3) is 0.182. The molecule has 0 saturated carbocycles. The summed E-state index contributed by atoms with van der Waals surface area (Å²) in [5.41, 5.74) is 0. The average molecular weight is 338 g/mol. The lowest BCUT2D eigenvalue weighted by Gasteiger charge is -2.13. The van der Waals surface area contributed by atoms with Gasteiger partial charge >= 0.3 is 12.4 Å². The smallest absolute Gasteiger partial charge is 0.301 e. The Morgan fingerprint density at radius 2 is 1.95 bits per heavy atom. The molecule has 9 heteroatoms. The van der Waals surface area contributed by atoms with Crippen molar-refractivity contribution in [3.8, 4) is 5.95 Å². The van der Waals surface area contributed by atoms with Gasteiger partial charge in [-0.2, -0.15) is 0 Å². The lowest BCUT2D eigenvalue weighted by Crippen LogP contribution is -2.22. The highest BCUT2D eigenvalue weighted by Crippen LogP contribution is 2.42. The maximum atomic E-state index is 12.1. The van der Waals surface area contributed by atoms with Gasteiger partial charge in [0.1, 0.15) is 11.2 Å². The Hall–Kier alpha value is -1.28. The highest BCUT2D eigenvalue weighted by Gasteiger charge is 2.26. The first kappa shape index (κ1) is 15.1. The van der Waals surface area contributed by atoms with Gasteiger partial charge in [0, 0.05) is 19.5 Å². The molecule has 0 radical (unpaired) electrons. The molecule has 0 aliphatic rings. The fourth-order valence-electron chi connectivity index (χ4n) is 1.61. The van der Waals surface area contributed by atoms with Gasteiger partial charge in [-0.15, -0.1) is 0 Å². The molecule has 0 atom stereocenters. The van der Waals surface area contributed by atoms with Gasteiger partial charge in [0.25, 0.3) is 0 Å². The van der Waals surface area contributed by atoms with Crippen molar-refractivity contribution in [1.29, 1.82) is 0 Å². The summed E-state index contributed by atoms with van der Waals surface area (Å²) in [7, 11) is -1.01. The van der Waals surface area contributed by atoms with Gasteiger partial charge in [0.05, 0.1) is 15.4 Å². The minimum atomic E-state index is -3.76. The molecule has 0 N–H and O–H groups in total. The number of nitrogens with zero attached hydrogens (tertiary/aromatic N) is 1. The van der Waals surface area contributed by atoms with Crippen LogP contribution in [0.5, 0.6) is 5.95 Å². The average Bonchev–Trinajstić information content (AvgIpc) is 2.77. The number of sulfonamides is 1. The molecule has 0 amide bonds. The highest BCUT2D eigenvalue weighted by atomic mass is 35.5. The number of halogens is 2. The Morgan fingerprint density at radius 1 is 1.30 bits per heavy atom. The summed E-state index contributed by atoms with van der Waals surface area (Å²) in [5, 5.41) is 0.373. The van der Waals surface area contributed by atoms with Crippen LogP contribution < -0.4 is 4.74 Å². The molecule has 0 fully saturated rings. The molecule has 1 aromatic heterocycles. The monoisotopic (exact) mass is 337 g/mol. The van der Waals surface area contributed by atoms with Crippen LogP contribution in [0.15, 0.2) is 21.6 Å².